The Bertz CT molecular complexity index is 2910. The first kappa shape index (κ1) is 52.6. The molecule has 10 rings (SSSR count). The van der Waals surface area contributed by atoms with Crippen molar-refractivity contribution in [3.63, 3.8) is 0 Å². The van der Waals surface area contributed by atoms with Crippen LogP contribution in [0.2, 0.25) is 0 Å². The van der Waals surface area contributed by atoms with E-state index in [2.05, 4.69) is 76.3 Å². The van der Waals surface area contributed by atoms with E-state index in [9.17, 15) is 26.3 Å². The van der Waals surface area contributed by atoms with Crippen LogP contribution in [0.15, 0.2) is 183 Å². The number of halogens is 6. The molecule has 2 aromatic carbocycles. The minimum Gasteiger partial charge on any atom is -0.741 e. The van der Waals surface area contributed by atoms with E-state index >= 15 is 0 Å². The van der Waals surface area contributed by atoms with E-state index < -0.39 is 31.3 Å². The summed E-state index contributed by atoms with van der Waals surface area (Å²) >= 11 is 0. The molecule has 0 saturated heterocycles. The van der Waals surface area contributed by atoms with Crippen LogP contribution >= 0.6 is 0 Å². The van der Waals surface area contributed by atoms with Gasteiger partial charge in [-0.3, -0.25) is 29.9 Å². The number of nitrogens with one attached hydrogen (secondary N) is 2. The zero-order valence-corrected chi connectivity index (χ0v) is 37.3. The average Bonchev–Trinajstić information content (AvgIpc) is 3.89. The fourth-order valence-corrected chi connectivity index (χ4v) is 5.46. The summed E-state index contributed by atoms with van der Waals surface area (Å²) in [5, 5.41) is 5.01. The van der Waals surface area contributed by atoms with E-state index in [0.29, 0.717) is 0 Å². The molecule has 0 amide bonds. The van der Waals surface area contributed by atoms with Gasteiger partial charge in [0.15, 0.2) is 20.2 Å². The number of H-pyrrole nitrogens is 2. The van der Waals surface area contributed by atoms with Gasteiger partial charge in [0.1, 0.15) is 0 Å². The average molecular weight is 1050 g/mol. The molecule has 0 radical (unpaired) electrons. The molecule has 0 spiro atoms. The first-order valence-corrected chi connectivity index (χ1v) is 21.4. The predicted molar refractivity (Wildman–Crippen MR) is 234 cm³/mol. The third kappa shape index (κ3) is 15.5. The first-order chi connectivity index (χ1) is 31.3. The number of aromatic amines is 2. The summed E-state index contributed by atoms with van der Waals surface area (Å²) in [6, 6.07) is 43.8. The molecule has 346 valence electrons. The standard InChI is InChI=1S/2C11H8N2.2C10H8N2.2CHF3O3S.Ru/c2*1-2-4-10-8(3-1)9-5-6-12-7-11(9)13-10;2*1-3-7-11-9(5-1)10-6-2-4-8-12-10;2*2-1(3,4)8(5,6)7;/h2*1-7,13H;2*1-8H;2*(H,5,6,7);/q;;;;;;+2/p-2. The Morgan fingerprint density at radius 3 is 0.881 bits per heavy atom. The Morgan fingerprint density at radius 2 is 0.627 bits per heavy atom. The maximum atomic E-state index is 10.7. The maximum absolute atomic E-state index is 10.7. The second kappa shape index (κ2) is 23.9. The van der Waals surface area contributed by atoms with Crippen LogP contribution in [-0.4, -0.2) is 76.8 Å². The van der Waals surface area contributed by atoms with E-state index in [1.54, 1.807) is 24.8 Å². The molecule has 67 heavy (non-hydrogen) atoms. The van der Waals surface area contributed by atoms with Crippen LogP contribution in [0.1, 0.15) is 0 Å². The Balaban J connectivity index is 0.000000177. The minimum atomic E-state index is -6.09. The van der Waals surface area contributed by atoms with Gasteiger partial charge in [0.2, 0.25) is 0 Å². The maximum Gasteiger partial charge on any atom is 2.00 e. The summed E-state index contributed by atoms with van der Waals surface area (Å²) in [7, 11) is -12.2. The van der Waals surface area contributed by atoms with Gasteiger partial charge >= 0.3 is 30.5 Å². The molecule has 0 aliphatic heterocycles. The number of rotatable bonds is 2. The summed E-state index contributed by atoms with van der Waals surface area (Å²) in [6.07, 6.45) is 14.4. The van der Waals surface area contributed by atoms with Crippen LogP contribution < -0.4 is 0 Å². The van der Waals surface area contributed by atoms with E-state index in [4.69, 9.17) is 25.9 Å². The largest absolute Gasteiger partial charge is 2.00 e. The number of pyridine rings is 6. The fourth-order valence-electron chi connectivity index (χ4n) is 5.46. The Morgan fingerprint density at radius 1 is 0.373 bits per heavy atom. The number of nitrogens with zero attached hydrogens (tertiary/aromatic N) is 6. The summed E-state index contributed by atoms with van der Waals surface area (Å²) in [5.41, 5.74) is -3.09. The number of benzene rings is 2. The van der Waals surface area contributed by atoms with Crippen LogP contribution in [0.4, 0.5) is 26.3 Å². The Labute approximate surface area is 390 Å². The molecule has 2 N–H and O–H groups in total. The van der Waals surface area contributed by atoms with E-state index in [1.165, 1.54) is 32.6 Å². The van der Waals surface area contributed by atoms with Crippen LogP contribution in [-0.2, 0) is 39.7 Å². The van der Waals surface area contributed by atoms with Crippen molar-refractivity contribution in [2.75, 3.05) is 0 Å². The molecule has 0 aliphatic rings. The number of hydrogen-bond acceptors (Lipinski definition) is 12. The Hall–Kier alpha value is -7.04. The molecule has 8 heterocycles. The molecule has 0 aliphatic carbocycles. The smallest absolute Gasteiger partial charge is 0.741 e. The SMILES string of the molecule is O=S(=O)([O-])C(F)(F)F.O=S(=O)([O-])C(F)(F)F.[Ru+2].c1ccc(-c2ccccn2)nc1.c1ccc(-c2ccccn2)nc1.c1ccc2c(c1)[nH]c1cnccc12.c1ccc2c(c1)[nH]c1cnccc12. The topological polar surface area (TPSA) is 223 Å². The molecule has 14 nitrogen and oxygen atoms in total. The molecule has 0 bridgehead atoms. The van der Waals surface area contributed by atoms with E-state index in [1.807, 2.05) is 122 Å². The zero-order chi connectivity index (χ0) is 47.8. The number of aromatic nitrogens is 8. The van der Waals surface area contributed by atoms with Crippen molar-refractivity contribution in [3.8, 4) is 22.8 Å². The predicted octanol–water partition coefficient (Wildman–Crippen LogP) is 9.82. The quantitative estimate of drug-likeness (QED) is 0.0715. The number of para-hydroxylation sites is 2. The summed E-state index contributed by atoms with van der Waals surface area (Å²) < 4.78 is 118. The van der Waals surface area contributed by atoms with Gasteiger partial charge in [-0.15, -0.1) is 0 Å². The number of hydrogen-bond donors (Lipinski definition) is 2. The molecule has 10 aromatic rings. The number of fused-ring (bicyclic) bond motifs is 6. The van der Waals surface area contributed by atoms with Crippen molar-refractivity contribution in [2.45, 2.75) is 11.0 Å². The van der Waals surface area contributed by atoms with Crippen molar-refractivity contribution < 1.29 is 71.8 Å². The second-order valence-electron chi connectivity index (χ2n) is 12.8. The van der Waals surface area contributed by atoms with E-state index in [-0.39, 0.29) is 19.5 Å². The fraction of sp³-hybridized carbons (Fsp3) is 0.0455. The van der Waals surface area contributed by atoms with Gasteiger partial charge in [-0.2, -0.15) is 26.3 Å². The number of alkyl halides is 6. The molecule has 23 heteroatoms. The summed E-state index contributed by atoms with van der Waals surface area (Å²) in [4.78, 5) is 31.5. The molecule has 0 atom stereocenters. The first-order valence-electron chi connectivity index (χ1n) is 18.6. The van der Waals surface area contributed by atoms with Gasteiger partial charge in [-0.25, -0.2) is 16.8 Å². The van der Waals surface area contributed by atoms with Crippen LogP contribution in [0.25, 0.3) is 66.4 Å². The van der Waals surface area contributed by atoms with Gasteiger partial charge in [-0.1, -0.05) is 60.7 Å². The van der Waals surface area contributed by atoms with Crippen LogP contribution in [0, 0.1) is 0 Å². The van der Waals surface area contributed by atoms with Gasteiger partial charge in [0, 0.05) is 69.8 Å². The van der Waals surface area contributed by atoms with E-state index in [0.717, 1.165) is 33.8 Å². The third-order valence-electron chi connectivity index (χ3n) is 8.37. The van der Waals surface area contributed by atoms with Crippen LogP contribution in [0.5, 0.6) is 0 Å². The van der Waals surface area contributed by atoms with Crippen molar-refractivity contribution in [1.82, 2.24) is 39.9 Å². The molecule has 0 unspecified atom stereocenters. The second-order valence-corrected chi connectivity index (χ2v) is 15.6. The molecular formula is C44H32F6N8O6RuS2. The minimum absolute atomic E-state index is 0. The van der Waals surface area contributed by atoms with Gasteiger partial charge < -0.3 is 19.1 Å². The van der Waals surface area contributed by atoms with Gasteiger partial charge in [-0.05, 0) is 72.8 Å². The van der Waals surface area contributed by atoms with Crippen molar-refractivity contribution in [2.24, 2.45) is 0 Å². The monoisotopic (exact) mass is 1050 g/mol. The summed E-state index contributed by atoms with van der Waals surface area (Å²) in [5.74, 6) is 0. The zero-order valence-electron chi connectivity index (χ0n) is 33.9. The van der Waals surface area contributed by atoms with Crippen molar-refractivity contribution in [3.05, 3.63) is 183 Å². The third-order valence-corrected chi connectivity index (χ3v) is 9.50. The Kier molecular flexibility index (Phi) is 18.8. The molecule has 0 fully saturated rings. The molecular weight excluding hydrogens is 1020 g/mol. The summed E-state index contributed by atoms with van der Waals surface area (Å²) in [6.45, 7) is 0. The van der Waals surface area contributed by atoms with Gasteiger partial charge in [0.25, 0.3) is 0 Å². The normalized spacial score (nSPS) is 11.1. The van der Waals surface area contributed by atoms with Gasteiger partial charge in [0.05, 0.1) is 46.2 Å². The van der Waals surface area contributed by atoms with Crippen molar-refractivity contribution in [1.29, 1.82) is 0 Å². The van der Waals surface area contributed by atoms with Crippen LogP contribution in [0.3, 0.4) is 0 Å². The molecule has 0 saturated carbocycles. The van der Waals surface area contributed by atoms with Crippen molar-refractivity contribution >= 4 is 63.8 Å². The molecule has 8 aromatic heterocycles.